The van der Waals surface area contributed by atoms with Crippen LogP contribution in [-0.4, -0.2) is 14.3 Å². The monoisotopic (exact) mass is 279 g/mol. The molecule has 0 spiro atoms. The van der Waals surface area contributed by atoms with Crippen molar-refractivity contribution in [1.82, 2.24) is 0 Å². The molecule has 0 radical (unpaired) electrons. The summed E-state index contributed by atoms with van der Waals surface area (Å²) < 4.78 is 22.4. The topological polar surface area (TPSA) is 113 Å². The summed E-state index contributed by atoms with van der Waals surface area (Å²) in [7, 11) is -3.81. The quantitative estimate of drug-likeness (QED) is 0.858. The molecule has 1 saturated carbocycles. The lowest BCUT2D eigenvalue weighted by molar-refractivity contribution is -0.126. The van der Waals surface area contributed by atoms with Gasteiger partial charge in [0.25, 0.3) is 0 Å². The molecule has 0 aromatic heterocycles. The maximum atomic E-state index is 12.0. The first-order valence-corrected chi connectivity index (χ1v) is 7.28. The number of anilines is 1. The van der Waals surface area contributed by atoms with Gasteiger partial charge in [0.05, 0.1) is 11.0 Å². The summed E-state index contributed by atoms with van der Waals surface area (Å²) in [6.45, 7) is 0. The van der Waals surface area contributed by atoms with Crippen molar-refractivity contribution < 1.29 is 13.2 Å². The molecule has 0 atom stereocenters. The van der Waals surface area contributed by atoms with E-state index >= 15 is 0 Å². The SMILES string of the molecule is N#CC1(C(=O)Nc2cccc(S(N)(=O)=O)c2)CCC1. The van der Waals surface area contributed by atoms with E-state index in [4.69, 9.17) is 10.4 Å². The zero-order valence-corrected chi connectivity index (χ0v) is 10.9. The van der Waals surface area contributed by atoms with Gasteiger partial charge in [0.2, 0.25) is 15.9 Å². The van der Waals surface area contributed by atoms with E-state index in [2.05, 4.69) is 5.32 Å². The van der Waals surface area contributed by atoms with E-state index in [1.54, 1.807) is 6.07 Å². The number of carbonyl (C=O) groups excluding carboxylic acids is 1. The molecule has 1 aliphatic carbocycles. The fourth-order valence-electron chi connectivity index (χ4n) is 1.92. The highest BCUT2D eigenvalue weighted by Gasteiger charge is 2.44. The minimum absolute atomic E-state index is 0.0788. The van der Waals surface area contributed by atoms with Crippen LogP contribution in [0.3, 0.4) is 0 Å². The summed E-state index contributed by atoms with van der Waals surface area (Å²) in [4.78, 5) is 11.9. The molecule has 0 heterocycles. The van der Waals surface area contributed by atoms with Gasteiger partial charge in [-0.3, -0.25) is 4.79 Å². The first-order valence-electron chi connectivity index (χ1n) is 5.73. The van der Waals surface area contributed by atoms with Gasteiger partial charge in [-0.15, -0.1) is 0 Å². The van der Waals surface area contributed by atoms with E-state index in [1.807, 2.05) is 6.07 Å². The van der Waals surface area contributed by atoms with Gasteiger partial charge in [-0.05, 0) is 37.5 Å². The Bertz CT molecular complexity index is 657. The van der Waals surface area contributed by atoms with Gasteiger partial charge < -0.3 is 5.32 Å². The van der Waals surface area contributed by atoms with Gasteiger partial charge >= 0.3 is 0 Å². The minimum Gasteiger partial charge on any atom is -0.325 e. The van der Waals surface area contributed by atoms with Crippen molar-refractivity contribution >= 4 is 21.6 Å². The molecule has 19 heavy (non-hydrogen) atoms. The van der Waals surface area contributed by atoms with E-state index in [1.165, 1.54) is 18.2 Å². The summed E-state index contributed by atoms with van der Waals surface area (Å²) in [6.07, 6.45) is 1.91. The Kier molecular flexibility index (Phi) is 3.30. The normalized spacial score (nSPS) is 17.1. The second-order valence-corrected chi connectivity index (χ2v) is 6.14. The summed E-state index contributed by atoms with van der Waals surface area (Å²) in [5, 5.41) is 16.6. The maximum Gasteiger partial charge on any atom is 0.244 e. The van der Waals surface area contributed by atoms with E-state index < -0.39 is 21.3 Å². The van der Waals surface area contributed by atoms with Crippen LogP contribution in [0.5, 0.6) is 0 Å². The predicted octanol–water partition coefficient (Wildman–Crippen LogP) is 0.966. The third-order valence-corrected chi connectivity index (χ3v) is 4.19. The predicted molar refractivity (Wildman–Crippen MR) is 68.3 cm³/mol. The standard InChI is InChI=1S/C12H13N3O3S/c13-8-12(5-2-6-12)11(16)15-9-3-1-4-10(7-9)19(14,17)18/h1,3-4,7H,2,5-6H2,(H,15,16)(H2,14,17,18). The third-order valence-electron chi connectivity index (χ3n) is 3.28. The average Bonchev–Trinajstić information content (AvgIpc) is 2.27. The summed E-state index contributed by atoms with van der Waals surface area (Å²) in [6, 6.07) is 7.67. The van der Waals surface area contributed by atoms with Crippen molar-refractivity contribution in [3.63, 3.8) is 0 Å². The molecule has 1 amide bonds. The highest BCUT2D eigenvalue weighted by atomic mass is 32.2. The van der Waals surface area contributed by atoms with Gasteiger partial charge in [-0.25, -0.2) is 13.6 Å². The Morgan fingerprint density at radius 1 is 1.42 bits per heavy atom. The van der Waals surface area contributed by atoms with Crippen LogP contribution >= 0.6 is 0 Å². The average molecular weight is 279 g/mol. The third kappa shape index (κ3) is 2.59. The molecule has 1 fully saturated rings. The van der Waals surface area contributed by atoms with E-state index in [-0.39, 0.29) is 4.90 Å². The zero-order valence-electron chi connectivity index (χ0n) is 10.1. The number of amides is 1. The van der Waals surface area contributed by atoms with Crippen molar-refractivity contribution in [2.45, 2.75) is 24.2 Å². The minimum atomic E-state index is -3.81. The van der Waals surface area contributed by atoms with Crippen LogP contribution in [0, 0.1) is 16.7 Å². The molecule has 0 bridgehead atoms. The summed E-state index contributed by atoms with van der Waals surface area (Å²) in [5.41, 5.74) is -0.657. The molecular weight excluding hydrogens is 266 g/mol. The van der Waals surface area contributed by atoms with E-state index in [0.717, 1.165) is 6.42 Å². The van der Waals surface area contributed by atoms with Gasteiger partial charge in [0.1, 0.15) is 5.41 Å². The van der Waals surface area contributed by atoms with E-state index in [0.29, 0.717) is 18.5 Å². The number of nitrogens with two attached hydrogens (primary N) is 1. The number of rotatable bonds is 3. The number of nitrogens with zero attached hydrogens (tertiary/aromatic N) is 1. The number of benzene rings is 1. The molecule has 1 aliphatic rings. The Balaban J connectivity index is 2.21. The molecule has 3 N–H and O–H groups in total. The van der Waals surface area contributed by atoms with Gasteiger partial charge in [0.15, 0.2) is 0 Å². The molecule has 6 nitrogen and oxygen atoms in total. The number of sulfonamides is 1. The molecule has 0 unspecified atom stereocenters. The Labute approximate surface area is 111 Å². The molecule has 0 saturated heterocycles. The number of hydrogen-bond acceptors (Lipinski definition) is 4. The van der Waals surface area contributed by atoms with Crippen LogP contribution in [0.1, 0.15) is 19.3 Å². The number of hydrogen-bond donors (Lipinski definition) is 2. The van der Waals surface area contributed by atoms with Crippen molar-refractivity contribution in [3.8, 4) is 6.07 Å². The second-order valence-electron chi connectivity index (χ2n) is 4.57. The van der Waals surface area contributed by atoms with Gasteiger partial charge in [0, 0.05) is 5.69 Å². The summed E-state index contributed by atoms with van der Waals surface area (Å²) >= 11 is 0. The highest BCUT2D eigenvalue weighted by Crippen LogP contribution is 2.41. The Morgan fingerprint density at radius 2 is 2.11 bits per heavy atom. The molecular formula is C12H13N3O3S. The maximum absolute atomic E-state index is 12.0. The first-order chi connectivity index (χ1) is 8.87. The van der Waals surface area contributed by atoms with Crippen molar-refractivity contribution in [2.24, 2.45) is 10.6 Å². The number of carbonyl (C=O) groups is 1. The number of nitrogens with one attached hydrogen (secondary N) is 1. The van der Waals surface area contributed by atoms with Crippen molar-refractivity contribution in [2.75, 3.05) is 5.32 Å². The van der Waals surface area contributed by atoms with Gasteiger partial charge in [-0.1, -0.05) is 6.07 Å². The molecule has 1 aromatic rings. The molecule has 2 rings (SSSR count). The van der Waals surface area contributed by atoms with Crippen LogP contribution in [0.2, 0.25) is 0 Å². The van der Waals surface area contributed by atoms with Crippen LogP contribution in [0.15, 0.2) is 29.2 Å². The molecule has 1 aromatic carbocycles. The number of nitriles is 1. The molecule has 7 heteroatoms. The lowest BCUT2D eigenvalue weighted by Crippen LogP contribution is -2.40. The smallest absolute Gasteiger partial charge is 0.244 e. The first kappa shape index (κ1) is 13.5. The van der Waals surface area contributed by atoms with Crippen LogP contribution in [0.25, 0.3) is 0 Å². The highest BCUT2D eigenvalue weighted by molar-refractivity contribution is 7.89. The van der Waals surface area contributed by atoms with Crippen LogP contribution in [-0.2, 0) is 14.8 Å². The fraction of sp³-hybridized carbons (Fsp3) is 0.333. The zero-order chi connectivity index (χ0) is 14.1. The fourth-order valence-corrected chi connectivity index (χ4v) is 2.48. The summed E-state index contributed by atoms with van der Waals surface area (Å²) in [5.74, 6) is -0.396. The second kappa shape index (κ2) is 4.64. The van der Waals surface area contributed by atoms with E-state index in [9.17, 15) is 13.2 Å². The number of primary sulfonamides is 1. The van der Waals surface area contributed by atoms with Gasteiger partial charge in [-0.2, -0.15) is 5.26 Å². The van der Waals surface area contributed by atoms with Crippen LogP contribution < -0.4 is 10.5 Å². The lowest BCUT2D eigenvalue weighted by Gasteiger charge is -2.33. The van der Waals surface area contributed by atoms with Crippen molar-refractivity contribution in [3.05, 3.63) is 24.3 Å². The largest absolute Gasteiger partial charge is 0.325 e. The lowest BCUT2D eigenvalue weighted by atomic mass is 9.69. The van der Waals surface area contributed by atoms with Crippen molar-refractivity contribution in [1.29, 1.82) is 5.26 Å². The van der Waals surface area contributed by atoms with Crippen LogP contribution in [0.4, 0.5) is 5.69 Å². The molecule has 100 valence electrons. The Hall–Kier alpha value is -1.91. The Morgan fingerprint density at radius 3 is 2.58 bits per heavy atom. The molecule has 0 aliphatic heterocycles.